The van der Waals surface area contributed by atoms with Gasteiger partial charge in [-0.3, -0.25) is 4.79 Å². The lowest BCUT2D eigenvalue weighted by Gasteiger charge is -2.21. The van der Waals surface area contributed by atoms with E-state index in [1.54, 1.807) is 0 Å². The zero-order chi connectivity index (χ0) is 10.3. The second kappa shape index (κ2) is 4.91. The maximum Gasteiger partial charge on any atom is 0.139 e. The molecule has 0 saturated heterocycles. The lowest BCUT2D eigenvalue weighted by atomic mass is 9.76. The Bertz CT molecular complexity index is 272. The van der Waals surface area contributed by atoms with Crippen molar-refractivity contribution in [2.24, 2.45) is 5.41 Å². The highest BCUT2D eigenvalue weighted by Crippen LogP contribution is 2.30. The van der Waals surface area contributed by atoms with Crippen LogP contribution in [-0.2, 0) is 4.79 Å². The zero-order valence-electron chi connectivity index (χ0n) is 7.37. The van der Waals surface area contributed by atoms with E-state index < -0.39 is 5.41 Å². The SMILES string of the molecule is CC(=O)C(CC#N)(CC#N)CC#N. The Morgan fingerprint density at radius 3 is 1.54 bits per heavy atom. The molecule has 0 N–H and O–H groups in total. The van der Waals surface area contributed by atoms with Gasteiger partial charge >= 0.3 is 0 Å². The summed E-state index contributed by atoms with van der Waals surface area (Å²) in [6.07, 6.45) is -0.198. The van der Waals surface area contributed by atoms with Gasteiger partial charge in [0.05, 0.1) is 23.6 Å². The van der Waals surface area contributed by atoms with E-state index in [0.717, 1.165) is 0 Å². The molecule has 0 heterocycles. The molecule has 0 rings (SSSR count). The number of carbonyl (C=O) groups is 1. The first kappa shape index (κ1) is 11.1. The number of ketones is 1. The van der Waals surface area contributed by atoms with Crippen LogP contribution in [0.15, 0.2) is 0 Å². The van der Waals surface area contributed by atoms with Gasteiger partial charge in [0, 0.05) is 19.3 Å². The van der Waals surface area contributed by atoms with Crippen molar-refractivity contribution < 1.29 is 4.79 Å². The minimum Gasteiger partial charge on any atom is -0.299 e. The highest BCUT2D eigenvalue weighted by molar-refractivity contribution is 5.83. The van der Waals surface area contributed by atoms with Crippen molar-refractivity contribution in [2.45, 2.75) is 26.2 Å². The Kier molecular flexibility index (Phi) is 4.20. The van der Waals surface area contributed by atoms with Gasteiger partial charge in [0.25, 0.3) is 0 Å². The van der Waals surface area contributed by atoms with Gasteiger partial charge in [0.15, 0.2) is 0 Å². The fourth-order valence-electron chi connectivity index (χ4n) is 1.01. The molecule has 0 aromatic rings. The van der Waals surface area contributed by atoms with Gasteiger partial charge in [-0.2, -0.15) is 15.8 Å². The van der Waals surface area contributed by atoms with E-state index >= 15 is 0 Å². The lowest BCUT2D eigenvalue weighted by molar-refractivity contribution is -0.126. The molecule has 0 aliphatic heterocycles. The van der Waals surface area contributed by atoms with Crippen LogP contribution in [0, 0.1) is 39.4 Å². The number of hydrogen-bond acceptors (Lipinski definition) is 4. The van der Waals surface area contributed by atoms with E-state index in [9.17, 15) is 4.79 Å². The smallest absolute Gasteiger partial charge is 0.139 e. The number of carbonyl (C=O) groups excluding carboxylic acids is 1. The molecule has 0 bridgehead atoms. The van der Waals surface area contributed by atoms with Gasteiger partial charge in [-0.1, -0.05) is 0 Å². The van der Waals surface area contributed by atoms with Crippen molar-refractivity contribution in [1.29, 1.82) is 15.8 Å². The predicted molar refractivity (Wildman–Crippen MR) is 43.8 cm³/mol. The summed E-state index contributed by atoms with van der Waals surface area (Å²) < 4.78 is 0. The number of rotatable bonds is 4. The first-order valence-corrected chi connectivity index (χ1v) is 3.75. The standard InChI is InChI=1S/C9H9N3O/c1-8(13)9(2-5-10,3-6-11)4-7-12/h2-4H2,1H3. The number of hydrogen-bond donors (Lipinski definition) is 0. The Morgan fingerprint density at radius 2 is 1.38 bits per heavy atom. The summed E-state index contributed by atoms with van der Waals surface area (Å²) >= 11 is 0. The Balaban J connectivity index is 4.87. The molecule has 0 aliphatic rings. The first-order chi connectivity index (χ1) is 6.13. The molecule has 0 saturated carbocycles. The van der Waals surface area contributed by atoms with E-state index in [-0.39, 0.29) is 25.0 Å². The number of Topliss-reactive ketones (excluding diaryl/α,β-unsaturated/α-hetero) is 1. The molecule has 0 unspecified atom stereocenters. The summed E-state index contributed by atoms with van der Waals surface area (Å²) in [5.74, 6) is -0.267. The minimum absolute atomic E-state index is 0.0660. The molecular formula is C9H9N3O. The highest BCUT2D eigenvalue weighted by atomic mass is 16.1. The van der Waals surface area contributed by atoms with Crippen molar-refractivity contribution >= 4 is 5.78 Å². The largest absolute Gasteiger partial charge is 0.299 e. The molecule has 4 heteroatoms. The third kappa shape index (κ3) is 2.58. The maximum atomic E-state index is 11.2. The number of nitriles is 3. The van der Waals surface area contributed by atoms with Gasteiger partial charge < -0.3 is 0 Å². The first-order valence-electron chi connectivity index (χ1n) is 3.75. The van der Waals surface area contributed by atoms with Crippen molar-refractivity contribution in [1.82, 2.24) is 0 Å². The lowest BCUT2D eigenvalue weighted by Crippen LogP contribution is -2.28. The molecule has 4 nitrogen and oxygen atoms in total. The Hall–Kier alpha value is -1.86. The molecule has 0 atom stereocenters. The summed E-state index contributed by atoms with van der Waals surface area (Å²) in [4.78, 5) is 11.2. The molecule has 0 radical (unpaired) electrons. The van der Waals surface area contributed by atoms with E-state index in [2.05, 4.69) is 0 Å². The summed E-state index contributed by atoms with van der Waals surface area (Å²) in [6, 6.07) is 5.51. The second-order valence-corrected chi connectivity index (χ2v) is 2.84. The summed E-state index contributed by atoms with van der Waals surface area (Å²) in [5, 5.41) is 25.4. The average Bonchev–Trinajstić information content (AvgIpc) is 2.05. The fraction of sp³-hybridized carbons (Fsp3) is 0.556. The van der Waals surface area contributed by atoms with Crippen LogP contribution in [-0.4, -0.2) is 5.78 Å². The van der Waals surface area contributed by atoms with E-state index in [0.29, 0.717) is 0 Å². The maximum absolute atomic E-state index is 11.2. The molecular weight excluding hydrogens is 166 g/mol. The van der Waals surface area contributed by atoms with Crippen LogP contribution in [0.4, 0.5) is 0 Å². The third-order valence-electron chi connectivity index (χ3n) is 2.00. The Labute approximate surface area is 77.0 Å². The third-order valence-corrected chi connectivity index (χ3v) is 2.00. The van der Waals surface area contributed by atoms with Gasteiger partial charge in [0.1, 0.15) is 5.78 Å². The van der Waals surface area contributed by atoms with E-state index in [4.69, 9.17) is 15.8 Å². The zero-order valence-corrected chi connectivity index (χ0v) is 7.37. The van der Waals surface area contributed by atoms with Crippen LogP contribution < -0.4 is 0 Å². The molecule has 0 fully saturated rings. The van der Waals surface area contributed by atoms with Crippen molar-refractivity contribution in [2.75, 3.05) is 0 Å². The average molecular weight is 175 g/mol. The van der Waals surface area contributed by atoms with E-state index in [1.165, 1.54) is 6.92 Å². The predicted octanol–water partition coefficient (Wildman–Crippen LogP) is 1.30. The Morgan fingerprint density at radius 1 is 1.08 bits per heavy atom. The normalized spacial score (nSPS) is 9.38. The number of nitrogens with zero attached hydrogens (tertiary/aromatic N) is 3. The minimum atomic E-state index is -1.07. The van der Waals surface area contributed by atoms with Crippen LogP contribution in [0.2, 0.25) is 0 Å². The summed E-state index contributed by atoms with van der Waals surface area (Å²) in [5.41, 5.74) is -1.07. The van der Waals surface area contributed by atoms with Crippen LogP contribution in [0.1, 0.15) is 26.2 Å². The van der Waals surface area contributed by atoms with Crippen molar-refractivity contribution in [3.8, 4) is 18.2 Å². The topological polar surface area (TPSA) is 88.4 Å². The van der Waals surface area contributed by atoms with Crippen molar-refractivity contribution in [3.63, 3.8) is 0 Å². The quantitative estimate of drug-likeness (QED) is 0.644. The monoisotopic (exact) mass is 175 g/mol. The molecule has 13 heavy (non-hydrogen) atoms. The molecule has 66 valence electrons. The summed E-state index contributed by atoms with van der Waals surface area (Å²) in [7, 11) is 0. The molecule has 0 aromatic heterocycles. The van der Waals surface area contributed by atoms with Gasteiger partial charge in [-0.05, 0) is 6.92 Å². The van der Waals surface area contributed by atoms with Crippen LogP contribution in [0.5, 0.6) is 0 Å². The fourth-order valence-corrected chi connectivity index (χ4v) is 1.01. The van der Waals surface area contributed by atoms with Crippen LogP contribution in [0.3, 0.4) is 0 Å². The van der Waals surface area contributed by atoms with E-state index in [1.807, 2.05) is 18.2 Å². The van der Waals surface area contributed by atoms with Crippen LogP contribution in [0.25, 0.3) is 0 Å². The van der Waals surface area contributed by atoms with Gasteiger partial charge in [-0.15, -0.1) is 0 Å². The molecule has 0 spiro atoms. The van der Waals surface area contributed by atoms with Gasteiger partial charge in [-0.25, -0.2) is 0 Å². The highest BCUT2D eigenvalue weighted by Gasteiger charge is 2.35. The molecule has 0 amide bonds. The molecule has 0 aromatic carbocycles. The molecule has 0 aliphatic carbocycles. The van der Waals surface area contributed by atoms with Crippen molar-refractivity contribution in [3.05, 3.63) is 0 Å². The second-order valence-electron chi connectivity index (χ2n) is 2.84. The van der Waals surface area contributed by atoms with Gasteiger partial charge in [0.2, 0.25) is 0 Å². The summed E-state index contributed by atoms with van der Waals surface area (Å²) in [6.45, 7) is 1.31. The van der Waals surface area contributed by atoms with Crippen LogP contribution >= 0.6 is 0 Å².